The van der Waals surface area contributed by atoms with E-state index in [-0.39, 0.29) is 29.8 Å². The molecule has 5 rings (SSSR count). The van der Waals surface area contributed by atoms with Crippen molar-refractivity contribution >= 4 is 27.5 Å². The number of ether oxygens (including phenoxy) is 1. The van der Waals surface area contributed by atoms with Crippen LogP contribution in [0.25, 0.3) is 0 Å². The zero-order chi connectivity index (χ0) is 26.7. The predicted molar refractivity (Wildman–Crippen MR) is 144 cm³/mol. The fourth-order valence-corrected chi connectivity index (χ4v) is 6.44. The van der Waals surface area contributed by atoms with Crippen molar-refractivity contribution in [3.8, 4) is 5.75 Å². The molecule has 1 saturated heterocycles. The molecule has 0 aromatic heterocycles. The van der Waals surface area contributed by atoms with E-state index >= 15 is 0 Å². The van der Waals surface area contributed by atoms with Crippen LogP contribution in [0.2, 0.25) is 0 Å². The lowest BCUT2D eigenvalue weighted by molar-refractivity contribution is -0.129. The zero-order valence-electron chi connectivity index (χ0n) is 21.2. The van der Waals surface area contributed by atoms with Crippen molar-refractivity contribution in [2.75, 3.05) is 24.5 Å². The number of nitrogens with one attached hydrogen (secondary N) is 1. The molecule has 38 heavy (non-hydrogen) atoms. The Bertz CT molecular complexity index is 1410. The first-order chi connectivity index (χ1) is 18.3. The van der Waals surface area contributed by atoms with Gasteiger partial charge in [0.15, 0.2) is 6.10 Å². The molecule has 2 amide bonds. The first kappa shape index (κ1) is 25.9. The standard InChI is InChI=1S/C29H31N3O5S/c1-21-13-15-24(16-14-21)38(35,36)31-17-7-10-23(19-31)29(34)32-20-27(37-26-12-6-5-11-25(26)32)28(33)30-18-22-8-3-2-4-9-22/h2-6,8-9,11-16,23,27H,7,10,17-20H2,1H3,(H,30,33)/t23-,27-/m1/s1. The molecule has 8 nitrogen and oxygen atoms in total. The van der Waals surface area contributed by atoms with Crippen molar-refractivity contribution in [1.82, 2.24) is 9.62 Å². The maximum Gasteiger partial charge on any atom is 0.263 e. The van der Waals surface area contributed by atoms with Crippen molar-refractivity contribution in [2.24, 2.45) is 5.92 Å². The summed E-state index contributed by atoms with van der Waals surface area (Å²) in [6.45, 7) is 2.77. The number of carbonyl (C=O) groups is 2. The third-order valence-electron chi connectivity index (χ3n) is 7.03. The average molecular weight is 534 g/mol. The van der Waals surface area contributed by atoms with Crippen molar-refractivity contribution in [3.05, 3.63) is 90.0 Å². The summed E-state index contributed by atoms with van der Waals surface area (Å²) in [5, 5.41) is 2.90. The highest BCUT2D eigenvalue weighted by molar-refractivity contribution is 7.89. The molecule has 1 N–H and O–H groups in total. The van der Waals surface area contributed by atoms with E-state index in [1.807, 2.05) is 43.3 Å². The number of nitrogens with zero attached hydrogens (tertiary/aromatic N) is 2. The van der Waals surface area contributed by atoms with Crippen LogP contribution in [0.15, 0.2) is 83.8 Å². The Labute approximate surface area is 223 Å². The lowest BCUT2D eigenvalue weighted by Crippen LogP contribution is -2.53. The topological polar surface area (TPSA) is 96.0 Å². The van der Waals surface area contributed by atoms with Gasteiger partial charge in [0.1, 0.15) is 5.75 Å². The summed E-state index contributed by atoms with van der Waals surface area (Å²) in [5.74, 6) is -0.589. The van der Waals surface area contributed by atoms with E-state index < -0.39 is 22.0 Å². The Morgan fingerprint density at radius 3 is 2.42 bits per heavy atom. The number of benzene rings is 3. The molecule has 2 aliphatic rings. The zero-order valence-corrected chi connectivity index (χ0v) is 22.1. The Morgan fingerprint density at radius 2 is 1.66 bits per heavy atom. The molecule has 3 aromatic carbocycles. The van der Waals surface area contributed by atoms with Crippen LogP contribution in [0.1, 0.15) is 24.0 Å². The van der Waals surface area contributed by atoms with E-state index in [2.05, 4.69) is 5.32 Å². The molecule has 3 aromatic rings. The molecular formula is C29H31N3O5S. The normalized spacial score (nSPS) is 19.8. The second kappa shape index (κ2) is 11.0. The number of anilines is 1. The molecule has 0 radical (unpaired) electrons. The molecule has 0 unspecified atom stereocenters. The van der Waals surface area contributed by atoms with Crippen LogP contribution in [0.3, 0.4) is 0 Å². The highest BCUT2D eigenvalue weighted by Crippen LogP contribution is 2.35. The van der Waals surface area contributed by atoms with Crippen LogP contribution in [-0.2, 0) is 26.2 Å². The molecule has 1 fully saturated rings. The summed E-state index contributed by atoms with van der Waals surface area (Å²) >= 11 is 0. The minimum absolute atomic E-state index is 0.0533. The number of hydrogen-bond acceptors (Lipinski definition) is 5. The summed E-state index contributed by atoms with van der Waals surface area (Å²) in [4.78, 5) is 28.7. The number of hydrogen-bond donors (Lipinski definition) is 1. The number of carbonyl (C=O) groups excluding carboxylic acids is 2. The van der Waals surface area contributed by atoms with Crippen LogP contribution < -0.4 is 15.0 Å². The Hall–Kier alpha value is -3.69. The summed E-state index contributed by atoms with van der Waals surface area (Å²) in [5.41, 5.74) is 2.52. The maximum atomic E-state index is 13.8. The lowest BCUT2D eigenvalue weighted by atomic mass is 9.97. The molecule has 2 atom stereocenters. The molecule has 198 valence electrons. The largest absolute Gasteiger partial charge is 0.477 e. The quantitative estimate of drug-likeness (QED) is 0.523. The maximum absolute atomic E-state index is 13.8. The van der Waals surface area contributed by atoms with Gasteiger partial charge in [-0.05, 0) is 49.6 Å². The minimum Gasteiger partial charge on any atom is -0.477 e. The second-order valence-corrected chi connectivity index (χ2v) is 11.7. The van der Waals surface area contributed by atoms with E-state index in [4.69, 9.17) is 4.74 Å². The fourth-order valence-electron chi connectivity index (χ4n) is 4.92. The number of aryl methyl sites for hydroxylation is 1. The Balaban J connectivity index is 1.32. The highest BCUT2D eigenvalue weighted by atomic mass is 32.2. The van der Waals surface area contributed by atoms with Gasteiger partial charge >= 0.3 is 0 Å². The van der Waals surface area contributed by atoms with Crippen LogP contribution in [-0.4, -0.2) is 50.3 Å². The van der Waals surface area contributed by atoms with Crippen molar-refractivity contribution in [1.29, 1.82) is 0 Å². The number of piperidine rings is 1. The number of rotatable bonds is 6. The SMILES string of the molecule is Cc1ccc(S(=O)(=O)N2CCC[C@@H](C(=O)N3C[C@H](C(=O)NCc4ccccc4)Oc4ccccc43)C2)cc1. The van der Waals surface area contributed by atoms with Crippen molar-refractivity contribution in [3.63, 3.8) is 0 Å². The molecule has 0 spiro atoms. The molecule has 2 heterocycles. The van der Waals surface area contributed by atoms with Gasteiger partial charge in [0.05, 0.1) is 23.0 Å². The van der Waals surface area contributed by atoms with Gasteiger partial charge in [-0.15, -0.1) is 0 Å². The van der Waals surface area contributed by atoms with Crippen molar-refractivity contribution in [2.45, 2.75) is 37.3 Å². The van der Waals surface area contributed by atoms with Crippen LogP contribution in [0.5, 0.6) is 5.75 Å². The minimum atomic E-state index is -3.72. The monoisotopic (exact) mass is 533 g/mol. The number of para-hydroxylation sites is 2. The third-order valence-corrected chi connectivity index (χ3v) is 8.91. The lowest BCUT2D eigenvalue weighted by Gasteiger charge is -2.38. The van der Waals surface area contributed by atoms with E-state index in [9.17, 15) is 18.0 Å². The van der Waals surface area contributed by atoms with Gasteiger partial charge in [0, 0.05) is 19.6 Å². The molecular weight excluding hydrogens is 502 g/mol. The van der Waals surface area contributed by atoms with Gasteiger partial charge in [0.2, 0.25) is 15.9 Å². The third kappa shape index (κ3) is 5.44. The predicted octanol–water partition coefficient (Wildman–Crippen LogP) is 3.51. The average Bonchev–Trinajstić information content (AvgIpc) is 2.95. The highest BCUT2D eigenvalue weighted by Gasteiger charge is 2.39. The summed E-state index contributed by atoms with van der Waals surface area (Å²) in [7, 11) is -3.72. The molecule has 0 aliphatic carbocycles. The van der Waals surface area contributed by atoms with E-state index in [0.29, 0.717) is 37.4 Å². The first-order valence-electron chi connectivity index (χ1n) is 12.8. The summed E-state index contributed by atoms with van der Waals surface area (Å²) in [6, 6.07) is 23.4. The van der Waals surface area contributed by atoms with Crippen LogP contribution in [0.4, 0.5) is 5.69 Å². The number of fused-ring (bicyclic) bond motifs is 1. The van der Waals surface area contributed by atoms with Gasteiger partial charge in [-0.25, -0.2) is 8.42 Å². The Morgan fingerprint density at radius 1 is 0.947 bits per heavy atom. The van der Waals surface area contributed by atoms with Gasteiger partial charge in [-0.1, -0.05) is 60.2 Å². The number of sulfonamides is 1. The smallest absolute Gasteiger partial charge is 0.263 e. The van der Waals surface area contributed by atoms with Crippen LogP contribution >= 0.6 is 0 Å². The van der Waals surface area contributed by atoms with E-state index in [0.717, 1.165) is 11.1 Å². The van der Waals surface area contributed by atoms with E-state index in [1.54, 1.807) is 47.4 Å². The molecule has 2 aliphatic heterocycles. The molecule has 9 heteroatoms. The fraction of sp³-hybridized carbons (Fsp3) is 0.310. The van der Waals surface area contributed by atoms with Gasteiger partial charge < -0.3 is 15.0 Å². The van der Waals surface area contributed by atoms with Crippen molar-refractivity contribution < 1.29 is 22.7 Å². The van der Waals surface area contributed by atoms with Crippen LogP contribution in [0, 0.1) is 12.8 Å². The molecule has 0 saturated carbocycles. The first-order valence-corrected chi connectivity index (χ1v) is 14.2. The van der Waals surface area contributed by atoms with E-state index in [1.165, 1.54) is 4.31 Å². The second-order valence-electron chi connectivity index (χ2n) is 9.74. The van der Waals surface area contributed by atoms with Gasteiger partial charge in [-0.3, -0.25) is 9.59 Å². The number of amides is 2. The van der Waals surface area contributed by atoms with Gasteiger partial charge in [0.25, 0.3) is 5.91 Å². The Kier molecular flexibility index (Phi) is 7.49. The summed E-state index contributed by atoms with van der Waals surface area (Å²) < 4.78 is 34.0. The van der Waals surface area contributed by atoms with Gasteiger partial charge in [-0.2, -0.15) is 4.31 Å². The molecule has 0 bridgehead atoms. The summed E-state index contributed by atoms with van der Waals surface area (Å²) in [6.07, 6.45) is 0.269.